The Kier molecular flexibility index (Phi) is 6.19. The number of hydrogen-bond acceptors (Lipinski definition) is 5. The van der Waals surface area contributed by atoms with Crippen LogP contribution >= 0.6 is 0 Å². The predicted octanol–water partition coefficient (Wildman–Crippen LogP) is 2.01. The van der Waals surface area contributed by atoms with Crippen molar-refractivity contribution in [2.45, 2.75) is 25.5 Å². The fourth-order valence-corrected chi connectivity index (χ4v) is 3.17. The minimum absolute atomic E-state index is 0.0503. The highest BCUT2D eigenvalue weighted by molar-refractivity contribution is 6.06. The summed E-state index contributed by atoms with van der Waals surface area (Å²) in [4.78, 5) is 19.5. The predicted molar refractivity (Wildman–Crippen MR) is 101 cm³/mol. The van der Waals surface area contributed by atoms with E-state index in [4.69, 9.17) is 9.47 Å². The summed E-state index contributed by atoms with van der Waals surface area (Å²) in [6, 6.07) is 9.53. The van der Waals surface area contributed by atoms with E-state index in [0.29, 0.717) is 25.4 Å². The van der Waals surface area contributed by atoms with Crippen molar-refractivity contribution in [1.82, 2.24) is 15.2 Å². The number of nitrogens with one attached hydrogen (secondary N) is 1. The number of aryl methyl sites for hydroxylation is 1. The molecule has 6 nitrogen and oxygen atoms in total. The molecule has 1 fully saturated rings. The van der Waals surface area contributed by atoms with Gasteiger partial charge in [0.1, 0.15) is 6.10 Å². The molecule has 26 heavy (non-hydrogen) atoms. The van der Waals surface area contributed by atoms with Gasteiger partial charge < -0.3 is 19.7 Å². The quantitative estimate of drug-likeness (QED) is 0.857. The maximum absolute atomic E-state index is 13.0. The fourth-order valence-electron chi connectivity index (χ4n) is 3.17. The SMILES string of the molecule is Cc1cc(C(=O)NC2CCOCC2OCCN(C)C)c2ccccc2n1. The second-order valence-corrected chi connectivity index (χ2v) is 6.98. The number of fused-ring (bicyclic) bond motifs is 1. The highest BCUT2D eigenvalue weighted by Gasteiger charge is 2.28. The summed E-state index contributed by atoms with van der Waals surface area (Å²) in [6.07, 6.45) is 0.627. The van der Waals surface area contributed by atoms with E-state index in [-0.39, 0.29) is 18.1 Å². The van der Waals surface area contributed by atoms with Gasteiger partial charge in [-0.05, 0) is 39.6 Å². The van der Waals surface area contributed by atoms with Gasteiger partial charge in [0.2, 0.25) is 0 Å². The minimum Gasteiger partial charge on any atom is -0.379 e. The number of ether oxygens (including phenoxy) is 2. The Morgan fingerprint density at radius 3 is 3.00 bits per heavy atom. The average Bonchev–Trinajstić information content (AvgIpc) is 2.62. The number of carbonyl (C=O) groups excluding carboxylic acids is 1. The summed E-state index contributed by atoms with van der Waals surface area (Å²) in [5, 5.41) is 4.03. The molecule has 2 aromatic rings. The van der Waals surface area contributed by atoms with Gasteiger partial charge in [0.05, 0.1) is 30.3 Å². The van der Waals surface area contributed by atoms with Crippen molar-refractivity contribution < 1.29 is 14.3 Å². The van der Waals surface area contributed by atoms with E-state index in [2.05, 4.69) is 15.2 Å². The van der Waals surface area contributed by atoms with Crippen molar-refractivity contribution in [3.63, 3.8) is 0 Å². The summed E-state index contributed by atoms with van der Waals surface area (Å²) in [5.74, 6) is -0.0835. The molecular formula is C20H27N3O3. The number of rotatable bonds is 6. The number of aromatic nitrogens is 1. The Bertz CT molecular complexity index is 763. The van der Waals surface area contributed by atoms with Gasteiger partial charge in [0.15, 0.2) is 0 Å². The van der Waals surface area contributed by atoms with Crippen LogP contribution in [-0.2, 0) is 9.47 Å². The highest BCUT2D eigenvalue weighted by atomic mass is 16.5. The lowest BCUT2D eigenvalue weighted by atomic mass is 10.0. The van der Waals surface area contributed by atoms with Crippen molar-refractivity contribution in [3.05, 3.63) is 41.6 Å². The summed E-state index contributed by atoms with van der Waals surface area (Å²) >= 11 is 0. The summed E-state index contributed by atoms with van der Waals surface area (Å²) in [7, 11) is 4.02. The van der Waals surface area contributed by atoms with E-state index in [1.54, 1.807) is 0 Å². The third-order valence-electron chi connectivity index (χ3n) is 4.58. The number of para-hydroxylation sites is 1. The number of hydrogen-bond donors (Lipinski definition) is 1. The van der Waals surface area contributed by atoms with E-state index in [0.717, 1.165) is 29.6 Å². The number of likely N-dealkylation sites (N-methyl/N-ethyl adjacent to an activating group) is 1. The van der Waals surface area contributed by atoms with Gasteiger partial charge in [-0.25, -0.2) is 0 Å². The molecule has 0 radical (unpaired) electrons. The van der Waals surface area contributed by atoms with Crippen molar-refractivity contribution in [3.8, 4) is 0 Å². The highest BCUT2D eigenvalue weighted by Crippen LogP contribution is 2.19. The molecule has 6 heteroatoms. The van der Waals surface area contributed by atoms with E-state index in [9.17, 15) is 4.79 Å². The first-order valence-electron chi connectivity index (χ1n) is 9.06. The topological polar surface area (TPSA) is 63.7 Å². The Hall–Kier alpha value is -2.02. The molecule has 1 aromatic carbocycles. The molecule has 0 spiro atoms. The van der Waals surface area contributed by atoms with Crippen LogP contribution in [0.3, 0.4) is 0 Å². The first-order valence-corrected chi connectivity index (χ1v) is 9.06. The van der Waals surface area contributed by atoms with Gasteiger partial charge >= 0.3 is 0 Å². The van der Waals surface area contributed by atoms with Crippen LogP contribution in [0.1, 0.15) is 22.5 Å². The summed E-state index contributed by atoms with van der Waals surface area (Å²) in [5.41, 5.74) is 2.33. The summed E-state index contributed by atoms with van der Waals surface area (Å²) < 4.78 is 11.5. The summed E-state index contributed by atoms with van der Waals surface area (Å²) in [6.45, 7) is 4.50. The third-order valence-corrected chi connectivity index (χ3v) is 4.58. The molecule has 1 saturated heterocycles. The zero-order valence-electron chi connectivity index (χ0n) is 15.7. The van der Waals surface area contributed by atoms with Gasteiger partial charge in [-0.1, -0.05) is 18.2 Å². The van der Waals surface area contributed by atoms with Gasteiger partial charge in [-0.15, -0.1) is 0 Å². The zero-order chi connectivity index (χ0) is 18.5. The molecule has 1 aromatic heterocycles. The van der Waals surface area contributed by atoms with Crippen molar-refractivity contribution in [2.75, 3.05) is 40.5 Å². The molecule has 1 aliphatic rings. The average molecular weight is 357 g/mol. The molecule has 2 heterocycles. The molecule has 0 bridgehead atoms. The first kappa shape index (κ1) is 18.8. The number of amides is 1. The lowest BCUT2D eigenvalue weighted by molar-refractivity contribution is -0.0690. The zero-order valence-corrected chi connectivity index (χ0v) is 15.7. The fraction of sp³-hybridized carbons (Fsp3) is 0.500. The van der Waals surface area contributed by atoms with Crippen LogP contribution in [0.4, 0.5) is 0 Å². The molecule has 1 aliphatic heterocycles. The van der Waals surface area contributed by atoms with Crippen molar-refractivity contribution in [2.24, 2.45) is 0 Å². The second-order valence-electron chi connectivity index (χ2n) is 6.98. The van der Waals surface area contributed by atoms with Crippen LogP contribution in [0.25, 0.3) is 10.9 Å². The van der Waals surface area contributed by atoms with E-state index in [1.807, 2.05) is 51.4 Å². The molecule has 0 aliphatic carbocycles. The molecule has 2 unspecified atom stereocenters. The minimum atomic E-state index is -0.123. The maximum atomic E-state index is 13.0. The molecule has 0 saturated carbocycles. The lowest BCUT2D eigenvalue weighted by Gasteiger charge is -2.32. The largest absolute Gasteiger partial charge is 0.379 e. The Morgan fingerprint density at radius 1 is 1.38 bits per heavy atom. The standard InChI is InChI=1S/C20H27N3O3/c1-14-12-16(15-6-4-5-7-17(15)21-14)20(24)22-18-8-10-25-13-19(18)26-11-9-23(2)3/h4-7,12,18-19H,8-11,13H2,1-3H3,(H,22,24). The smallest absolute Gasteiger partial charge is 0.252 e. The van der Waals surface area contributed by atoms with Gasteiger partial charge in [-0.3, -0.25) is 9.78 Å². The number of nitrogens with zero attached hydrogens (tertiary/aromatic N) is 2. The Balaban J connectivity index is 1.73. The van der Waals surface area contributed by atoms with Gasteiger partial charge in [0.25, 0.3) is 5.91 Å². The monoisotopic (exact) mass is 357 g/mol. The normalized spacial score (nSPS) is 20.5. The molecule has 140 valence electrons. The van der Waals surface area contributed by atoms with Crippen LogP contribution in [0.5, 0.6) is 0 Å². The second kappa shape index (κ2) is 8.58. The van der Waals surface area contributed by atoms with Gasteiger partial charge in [-0.2, -0.15) is 0 Å². The van der Waals surface area contributed by atoms with Crippen LogP contribution < -0.4 is 5.32 Å². The first-order chi connectivity index (χ1) is 12.5. The number of benzene rings is 1. The van der Waals surface area contributed by atoms with E-state index < -0.39 is 0 Å². The lowest BCUT2D eigenvalue weighted by Crippen LogP contribution is -2.50. The molecular weight excluding hydrogens is 330 g/mol. The Labute approximate surface area is 154 Å². The molecule has 2 atom stereocenters. The van der Waals surface area contributed by atoms with Crippen LogP contribution in [0.2, 0.25) is 0 Å². The van der Waals surface area contributed by atoms with Crippen molar-refractivity contribution >= 4 is 16.8 Å². The molecule has 3 rings (SSSR count). The van der Waals surface area contributed by atoms with Crippen LogP contribution in [0.15, 0.2) is 30.3 Å². The molecule has 1 amide bonds. The Morgan fingerprint density at radius 2 is 2.19 bits per heavy atom. The van der Waals surface area contributed by atoms with E-state index in [1.165, 1.54) is 0 Å². The third kappa shape index (κ3) is 4.58. The van der Waals surface area contributed by atoms with Crippen LogP contribution in [-0.4, -0.2) is 68.4 Å². The van der Waals surface area contributed by atoms with Crippen molar-refractivity contribution in [1.29, 1.82) is 0 Å². The van der Waals surface area contributed by atoms with Crippen LogP contribution in [0, 0.1) is 6.92 Å². The number of pyridine rings is 1. The number of carbonyl (C=O) groups is 1. The molecule has 1 N–H and O–H groups in total. The van der Waals surface area contributed by atoms with Gasteiger partial charge in [0, 0.05) is 24.2 Å². The maximum Gasteiger partial charge on any atom is 0.252 e. The van der Waals surface area contributed by atoms with E-state index >= 15 is 0 Å².